The first kappa shape index (κ1) is 21.6. The number of aromatic nitrogens is 4. The van der Waals surface area contributed by atoms with Crippen LogP contribution in [-0.2, 0) is 17.8 Å². The summed E-state index contributed by atoms with van der Waals surface area (Å²) in [7, 11) is 0. The van der Waals surface area contributed by atoms with Crippen molar-refractivity contribution >= 4 is 17.7 Å². The van der Waals surface area contributed by atoms with Gasteiger partial charge < -0.3 is 4.90 Å². The van der Waals surface area contributed by atoms with Gasteiger partial charge >= 0.3 is 0 Å². The number of fused-ring (bicyclic) bond motifs is 1. The molecule has 1 aliphatic rings. The Morgan fingerprint density at radius 2 is 1.60 bits per heavy atom. The van der Waals surface area contributed by atoms with Crippen molar-refractivity contribution in [2.24, 2.45) is 0 Å². The van der Waals surface area contributed by atoms with Gasteiger partial charge in [-0.15, -0.1) is 10.2 Å². The summed E-state index contributed by atoms with van der Waals surface area (Å²) in [6.07, 6.45) is 2.01. The fourth-order valence-corrected chi connectivity index (χ4v) is 3.62. The Morgan fingerprint density at radius 1 is 1.03 bits per heavy atom. The molecule has 1 aliphatic heterocycles. The van der Waals surface area contributed by atoms with Gasteiger partial charge in [-0.25, -0.2) is 0 Å². The minimum absolute atomic E-state index is 0.00863. The average Bonchev–Trinajstić information content (AvgIpc) is 3.29. The largest absolute Gasteiger partial charge is 0.336 e. The number of benzene rings is 1. The maximum atomic E-state index is 12.8. The van der Waals surface area contributed by atoms with E-state index in [9.17, 15) is 14.4 Å². The predicted octanol–water partition coefficient (Wildman–Crippen LogP) is 1.94. The number of nitrogens with zero attached hydrogens (tertiary/aromatic N) is 6. The normalized spacial score (nSPS) is 15.3. The molecule has 3 amide bonds. The summed E-state index contributed by atoms with van der Waals surface area (Å²) in [5.41, 5.74) is 0.833. The fourth-order valence-electron chi connectivity index (χ4n) is 3.62. The quantitative estimate of drug-likeness (QED) is 0.584. The van der Waals surface area contributed by atoms with E-state index < -0.39 is 0 Å². The van der Waals surface area contributed by atoms with E-state index in [1.807, 2.05) is 18.7 Å². The van der Waals surface area contributed by atoms with Gasteiger partial charge in [-0.3, -0.25) is 19.3 Å². The second-order valence-corrected chi connectivity index (χ2v) is 7.61. The van der Waals surface area contributed by atoms with Gasteiger partial charge in [0.05, 0.1) is 11.1 Å². The molecule has 1 aromatic carbocycles. The lowest BCUT2D eigenvalue weighted by molar-refractivity contribution is -0.136. The van der Waals surface area contributed by atoms with E-state index in [1.54, 1.807) is 24.3 Å². The Morgan fingerprint density at radius 3 is 2.13 bits per heavy atom. The standard InChI is InChI=1S/C21H28N6O3/c1-5-14(3)27(15(4)6-2)19(28)13-26-23-18(22-24-26)11-12-25-20(29)16-9-7-8-10-17(16)21(25)30/h7-10,14-15H,5-6,11-13H2,1-4H3/t14-,15-/m0/s1. The third kappa shape index (κ3) is 4.24. The molecule has 2 aromatic rings. The van der Waals surface area contributed by atoms with Crippen LogP contribution < -0.4 is 0 Å². The molecular weight excluding hydrogens is 384 g/mol. The Kier molecular flexibility index (Phi) is 6.59. The molecule has 3 rings (SSSR count). The lowest BCUT2D eigenvalue weighted by Crippen LogP contribution is -2.46. The van der Waals surface area contributed by atoms with Gasteiger partial charge in [0.1, 0.15) is 6.54 Å². The van der Waals surface area contributed by atoms with Crippen molar-refractivity contribution in [3.63, 3.8) is 0 Å². The molecule has 160 valence electrons. The van der Waals surface area contributed by atoms with Crippen molar-refractivity contribution in [3.05, 3.63) is 41.2 Å². The minimum atomic E-state index is -0.309. The molecule has 9 heteroatoms. The molecule has 0 unspecified atom stereocenters. The highest BCUT2D eigenvalue weighted by molar-refractivity contribution is 6.21. The summed E-state index contributed by atoms with van der Waals surface area (Å²) in [6.45, 7) is 8.35. The molecule has 9 nitrogen and oxygen atoms in total. The molecule has 0 radical (unpaired) electrons. The highest BCUT2D eigenvalue weighted by atomic mass is 16.2. The van der Waals surface area contributed by atoms with Gasteiger partial charge in [0.2, 0.25) is 5.91 Å². The van der Waals surface area contributed by atoms with Crippen LogP contribution in [0.15, 0.2) is 24.3 Å². The summed E-state index contributed by atoms with van der Waals surface area (Å²) >= 11 is 0. The van der Waals surface area contributed by atoms with Crippen molar-refractivity contribution in [2.75, 3.05) is 6.54 Å². The van der Waals surface area contributed by atoms with Crippen LogP contribution in [0.2, 0.25) is 0 Å². The van der Waals surface area contributed by atoms with E-state index in [-0.39, 0.29) is 49.3 Å². The van der Waals surface area contributed by atoms with Gasteiger partial charge in [0.25, 0.3) is 11.8 Å². The topological polar surface area (TPSA) is 101 Å². The van der Waals surface area contributed by atoms with Crippen molar-refractivity contribution in [1.82, 2.24) is 30.0 Å². The molecule has 30 heavy (non-hydrogen) atoms. The van der Waals surface area contributed by atoms with E-state index >= 15 is 0 Å². The second-order valence-electron chi connectivity index (χ2n) is 7.61. The van der Waals surface area contributed by atoms with E-state index in [0.29, 0.717) is 17.0 Å². The third-order valence-corrected chi connectivity index (χ3v) is 5.63. The number of imide groups is 1. The number of hydrogen-bond acceptors (Lipinski definition) is 6. The maximum absolute atomic E-state index is 12.8. The average molecular weight is 412 g/mol. The molecule has 0 spiro atoms. The number of tetrazole rings is 1. The van der Waals surface area contributed by atoms with Crippen molar-refractivity contribution in [2.45, 2.75) is 65.6 Å². The first-order valence-corrected chi connectivity index (χ1v) is 10.4. The Bertz CT molecular complexity index is 895. The summed E-state index contributed by atoms with van der Waals surface area (Å²) < 4.78 is 0. The molecular formula is C21H28N6O3. The third-order valence-electron chi connectivity index (χ3n) is 5.63. The molecule has 0 saturated heterocycles. The molecule has 0 N–H and O–H groups in total. The highest BCUT2D eigenvalue weighted by Crippen LogP contribution is 2.22. The van der Waals surface area contributed by atoms with Crippen LogP contribution in [0.1, 0.15) is 67.1 Å². The van der Waals surface area contributed by atoms with Crippen LogP contribution in [0.25, 0.3) is 0 Å². The molecule has 0 fully saturated rings. The zero-order valence-corrected chi connectivity index (χ0v) is 17.9. The Balaban J connectivity index is 1.61. The van der Waals surface area contributed by atoms with Crippen LogP contribution in [-0.4, -0.2) is 66.4 Å². The number of hydrogen-bond donors (Lipinski definition) is 0. The van der Waals surface area contributed by atoms with Crippen LogP contribution in [0, 0.1) is 0 Å². The lowest BCUT2D eigenvalue weighted by Gasteiger charge is -2.33. The number of rotatable bonds is 9. The molecule has 0 bridgehead atoms. The molecule has 2 atom stereocenters. The van der Waals surface area contributed by atoms with Crippen molar-refractivity contribution in [3.8, 4) is 0 Å². The van der Waals surface area contributed by atoms with Crippen LogP contribution >= 0.6 is 0 Å². The molecule has 2 heterocycles. The lowest BCUT2D eigenvalue weighted by atomic mass is 10.1. The smallest absolute Gasteiger partial charge is 0.261 e. The van der Waals surface area contributed by atoms with E-state index in [4.69, 9.17) is 0 Å². The molecule has 0 aliphatic carbocycles. The monoisotopic (exact) mass is 412 g/mol. The SMILES string of the molecule is CC[C@H](C)N(C(=O)Cn1nnc(CCN2C(=O)c3ccccc3C2=O)n1)[C@@H](C)CC. The Hall–Kier alpha value is -3.10. The first-order valence-electron chi connectivity index (χ1n) is 10.4. The first-order chi connectivity index (χ1) is 14.4. The van der Waals surface area contributed by atoms with Crippen molar-refractivity contribution < 1.29 is 14.4 Å². The number of amides is 3. The summed E-state index contributed by atoms with van der Waals surface area (Å²) in [4.78, 5) is 42.0. The van der Waals surface area contributed by atoms with Gasteiger partial charge in [0, 0.05) is 25.0 Å². The number of carbonyl (C=O) groups is 3. The number of carbonyl (C=O) groups excluding carboxylic acids is 3. The molecule has 0 saturated carbocycles. The van der Waals surface area contributed by atoms with E-state index in [1.165, 1.54) is 9.70 Å². The van der Waals surface area contributed by atoms with Gasteiger partial charge in [-0.05, 0) is 44.0 Å². The van der Waals surface area contributed by atoms with E-state index in [2.05, 4.69) is 29.3 Å². The van der Waals surface area contributed by atoms with Gasteiger partial charge in [-0.2, -0.15) is 4.80 Å². The highest BCUT2D eigenvalue weighted by Gasteiger charge is 2.35. The van der Waals surface area contributed by atoms with Crippen LogP contribution in [0.5, 0.6) is 0 Å². The van der Waals surface area contributed by atoms with Crippen molar-refractivity contribution in [1.29, 1.82) is 0 Å². The molecule has 1 aromatic heterocycles. The maximum Gasteiger partial charge on any atom is 0.261 e. The predicted molar refractivity (Wildman–Crippen MR) is 110 cm³/mol. The fraction of sp³-hybridized carbons (Fsp3) is 0.524. The second kappa shape index (κ2) is 9.15. The van der Waals surface area contributed by atoms with Crippen LogP contribution in [0.3, 0.4) is 0 Å². The summed E-state index contributed by atoms with van der Waals surface area (Å²) in [5.74, 6) is -0.284. The van der Waals surface area contributed by atoms with Crippen LogP contribution in [0.4, 0.5) is 0 Å². The zero-order chi connectivity index (χ0) is 21.8. The minimum Gasteiger partial charge on any atom is -0.336 e. The van der Waals surface area contributed by atoms with Gasteiger partial charge in [-0.1, -0.05) is 26.0 Å². The summed E-state index contributed by atoms with van der Waals surface area (Å²) in [5, 5.41) is 12.2. The van der Waals surface area contributed by atoms with Gasteiger partial charge in [0.15, 0.2) is 5.82 Å². The zero-order valence-electron chi connectivity index (χ0n) is 17.9. The van der Waals surface area contributed by atoms with E-state index in [0.717, 1.165) is 12.8 Å². The Labute approximate surface area is 176 Å². The summed E-state index contributed by atoms with van der Waals surface area (Å²) in [6, 6.07) is 7.03.